The van der Waals surface area contributed by atoms with Crippen LogP contribution in [0.25, 0.3) is 0 Å². The standard InChI is InChI=1S/C8H5Cl2F2NO/c9-1-5-7(10)6(8(11)12)4(3-14)2-13-5/h2-3,8H,1H2. The number of carbonyl (C=O) groups excluding carboxylic acids is 1. The molecule has 0 unspecified atom stereocenters. The predicted octanol–water partition coefficient (Wildman–Crippen LogP) is 3.22. The Morgan fingerprint density at radius 3 is 2.64 bits per heavy atom. The topological polar surface area (TPSA) is 30.0 Å². The largest absolute Gasteiger partial charge is 0.298 e. The first-order valence-corrected chi connectivity index (χ1v) is 4.49. The Hall–Kier alpha value is -0.740. The van der Waals surface area contributed by atoms with Crippen molar-refractivity contribution in [2.24, 2.45) is 0 Å². The molecule has 0 spiro atoms. The number of nitrogens with zero attached hydrogens (tertiary/aromatic N) is 1. The maximum Gasteiger partial charge on any atom is 0.266 e. The van der Waals surface area contributed by atoms with Crippen LogP contribution in [-0.4, -0.2) is 11.3 Å². The van der Waals surface area contributed by atoms with E-state index in [1.807, 2.05) is 0 Å². The van der Waals surface area contributed by atoms with Gasteiger partial charge in [0.2, 0.25) is 0 Å². The second kappa shape index (κ2) is 4.66. The third-order valence-electron chi connectivity index (χ3n) is 1.63. The number of halogens is 4. The van der Waals surface area contributed by atoms with Gasteiger partial charge in [-0.3, -0.25) is 9.78 Å². The fourth-order valence-corrected chi connectivity index (χ4v) is 1.54. The van der Waals surface area contributed by atoms with Gasteiger partial charge in [0.05, 0.1) is 22.2 Å². The molecule has 0 aliphatic rings. The first-order chi connectivity index (χ1) is 6.61. The molecule has 14 heavy (non-hydrogen) atoms. The molecule has 0 aliphatic heterocycles. The van der Waals surface area contributed by atoms with Gasteiger partial charge in [0, 0.05) is 11.8 Å². The molecule has 1 aromatic heterocycles. The Kier molecular flexibility index (Phi) is 3.77. The number of alkyl halides is 3. The SMILES string of the molecule is O=Cc1cnc(CCl)c(Cl)c1C(F)F. The minimum absolute atomic E-state index is 0.0717. The Morgan fingerprint density at radius 1 is 1.57 bits per heavy atom. The van der Waals surface area contributed by atoms with Crippen molar-refractivity contribution in [2.45, 2.75) is 12.3 Å². The van der Waals surface area contributed by atoms with E-state index in [0.717, 1.165) is 6.20 Å². The molecule has 2 nitrogen and oxygen atoms in total. The lowest BCUT2D eigenvalue weighted by molar-refractivity contribution is 0.110. The summed E-state index contributed by atoms with van der Waals surface area (Å²) in [5.41, 5.74) is -0.569. The highest BCUT2D eigenvalue weighted by molar-refractivity contribution is 6.33. The van der Waals surface area contributed by atoms with Crippen LogP contribution in [0.1, 0.15) is 28.0 Å². The Morgan fingerprint density at radius 2 is 2.21 bits per heavy atom. The van der Waals surface area contributed by atoms with E-state index < -0.39 is 12.0 Å². The monoisotopic (exact) mass is 239 g/mol. The maximum atomic E-state index is 12.5. The van der Waals surface area contributed by atoms with Gasteiger partial charge in [-0.1, -0.05) is 11.6 Å². The third kappa shape index (κ3) is 2.01. The Labute approximate surface area is 88.8 Å². The van der Waals surface area contributed by atoms with E-state index in [0.29, 0.717) is 6.29 Å². The smallest absolute Gasteiger partial charge is 0.266 e. The number of rotatable bonds is 3. The van der Waals surface area contributed by atoms with Gasteiger partial charge in [0.1, 0.15) is 0 Å². The predicted molar refractivity (Wildman–Crippen MR) is 49.1 cm³/mol. The highest BCUT2D eigenvalue weighted by atomic mass is 35.5. The summed E-state index contributed by atoms with van der Waals surface area (Å²) in [4.78, 5) is 14.1. The van der Waals surface area contributed by atoms with Crippen LogP contribution < -0.4 is 0 Å². The van der Waals surface area contributed by atoms with Crippen molar-refractivity contribution in [3.05, 3.63) is 28.0 Å². The first kappa shape index (κ1) is 11.3. The molecule has 0 saturated carbocycles. The van der Waals surface area contributed by atoms with E-state index in [2.05, 4.69) is 4.98 Å². The number of carbonyl (C=O) groups is 1. The average molecular weight is 240 g/mol. The van der Waals surface area contributed by atoms with Crippen LogP contribution in [0.5, 0.6) is 0 Å². The number of hydrogen-bond acceptors (Lipinski definition) is 2. The fraction of sp³-hybridized carbons (Fsp3) is 0.250. The zero-order chi connectivity index (χ0) is 10.7. The van der Waals surface area contributed by atoms with Crippen molar-refractivity contribution in [1.29, 1.82) is 0 Å². The van der Waals surface area contributed by atoms with Gasteiger partial charge in [-0.25, -0.2) is 8.78 Å². The summed E-state index contributed by atoms with van der Waals surface area (Å²) in [6.45, 7) is 0. The molecule has 0 radical (unpaired) electrons. The van der Waals surface area contributed by atoms with Gasteiger partial charge < -0.3 is 0 Å². The van der Waals surface area contributed by atoms with E-state index in [1.54, 1.807) is 0 Å². The van der Waals surface area contributed by atoms with Crippen molar-refractivity contribution < 1.29 is 13.6 Å². The van der Waals surface area contributed by atoms with Crippen LogP contribution in [0.15, 0.2) is 6.20 Å². The molecule has 0 N–H and O–H groups in total. The number of aldehydes is 1. The lowest BCUT2D eigenvalue weighted by Gasteiger charge is -2.08. The lowest BCUT2D eigenvalue weighted by atomic mass is 10.1. The van der Waals surface area contributed by atoms with Crippen molar-refractivity contribution in [3.8, 4) is 0 Å². The van der Waals surface area contributed by atoms with Gasteiger partial charge in [-0.05, 0) is 0 Å². The van der Waals surface area contributed by atoms with Gasteiger partial charge in [-0.15, -0.1) is 11.6 Å². The molecule has 0 amide bonds. The average Bonchev–Trinajstić information content (AvgIpc) is 2.16. The second-order valence-corrected chi connectivity index (χ2v) is 3.09. The molecule has 76 valence electrons. The number of hydrogen-bond donors (Lipinski definition) is 0. The van der Waals surface area contributed by atoms with E-state index >= 15 is 0 Å². The molecule has 1 rings (SSSR count). The lowest BCUT2D eigenvalue weighted by Crippen LogP contribution is -2.00. The summed E-state index contributed by atoms with van der Waals surface area (Å²) in [7, 11) is 0. The van der Waals surface area contributed by atoms with Crippen molar-refractivity contribution in [1.82, 2.24) is 4.98 Å². The fourth-order valence-electron chi connectivity index (χ4n) is 0.965. The summed E-state index contributed by atoms with van der Waals surface area (Å²) >= 11 is 11.0. The number of aromatic nitrogens is 1. The summed E-state index contributed by atoms with van der Waals surface area (Å²) in [6.07, 6.45) is -1.48. The van der Waals surface area contributed by atoms with E-state index in [1.165, 1.54) is 0 Å². The van der Waals surface area contributed by atoms with Crippen LogP contribution in [-0.2, 0) is 5.88 Å². The van der Waals surface area contributed by atoms with Crippen LogP contribution in [0.2, 0.25) is 5.02 Å². The molecule has 0 aromatic carbocycles. The molecule has 0 atom stereocenters. The summed E-state index contributed by atoms with van der Waals surface area (Å²) < 4.78 is 25.0. The van der Waals surface area contributed by atoms with Crippen molar-refractivity contribution in [3.63, 3.8) is 0 Å². The molecule has 1 aromatic rings. The minimum atomic E-state index is -2.81. The van der Waals surface area contributed by atoms with E-state index in [-0.39, 0.29) is 22.2 Å². The summed E-state index contributed by atoms with van der Waals surface area (Å²) in [5.74, 6) is -0.0717. The van der Waals surface area contributed by atoms with E-state index in [4.69, 9.17) is 23.2 Å². The highest BCUT2D eigenvalue weighted by Gasteiger charge is 2.20. The summed E-state index contributed by atoms with van der Waals surface area (Å²) in [6, 6.07) is 0. The minimum Gasteiger partial charge on any atom is -0.298 e. The van der Waals surface area contributed by atoms with Crippen LogP contribution in [0.4, 0.5) is 8.78 Å². The first-order valence-electron chi connectivity index (χ1n) is 3.58. The van der Waals surface area contributed by atoms with Crippen molar-refractivity contribution in [2.75, 3.05) is 0 Å². The zero-order valence-electron chi connectivity index (χ0n) is 6.81. The molecule has 0 aliphatic carbocycles. The van der Waals surface area contributed by atoms with Gasteiger partial charge in [-0.2, -0.15) is 0 Å². The van der Waals surface area contributed by atoms with Crippen molar-refractivity contribution >= 4 is 29.5 Å². The van der Waals surface area contributed by atoms with Crippen LogP contribution in [0, 0.1) is 0 Å². The van der Waals surface area contributed by atoms with Gasteiger partial charge in [0.15, 0.2) is 6.29 Å². The van der Waals surface area contributed by atoms with Gasteiger partial charge in [0.25, 0.3) is 6.43 Å². The molecular formula is C8H5Cl2F2NO. The normalized spacial score (nSPS) is 10.6. The zero-order valence-corrected chi connectivity index (χ0v) is 8.32. The Bertz CT molecular complexity index is 357. The Balaban J connectivity index is 3.38. The molecule has 0 bridgehead atoms. The van der Waals surface area contributed by atoms with Crippen LogP contribution >= 0.6 is 23.2 Å². The molecule has 0 saturated heterocycles. The maximum absolute atomic E-state index is 12.5. The molecular weight excluding hydrogens is 235 g/mol. The highest BCUT2D eigenvalue weighted by Crippen LogP contribution is 2.31. The summed E-state index contributed by atoms with van der Waals surface area (Å²) in [5, 5.41) is -0.236. The van der Waals surface area contributed by atoms with Crippen LogP contribution in [0.3, 0.4) is 0 Å². The molecule has 0 fully saturated rings. The molecule has 6 heteroatoms. The van der Waals surface area contributed by atoms with E-state index in [9.17, 15) is 13.6 Å². The molecule has 1 heterocycles. The van der Waals surface area contributed by atoms with Gasteiger partial charge >= 0.3 is 0 Å². The second-order valence-electron chi connectivity index (χ2n) is 2.44. The third-order valence-corrected chi connectivity index (χ3v) is 2.31. The quantitative estimate of drug-likeness (QED) is 0.599. The number of pyridine rings is 1.